The second-order valence-corrected chi connectivity index (χ2v) is 7.06. The minimum atomic E-state index is -0.113. The molecule has 4 nitrogen and oxygen atoms in total. The van der Waals surface area contributed by atoms with E-state index in [0.29, 0.717) is 17.7 Å². The Bertz CT molecular complexity index is 507. The average Bonchev–Trinajstić information content (AvgIpc) is 2.53. The van der Waals surface area contributed by atoms with Crippen LogP contribution in [0.4, 0.5) is 0 Å². The minimum absolute atomic E-state index is 0.0759. The lowest BCUT2D eigenvalue weighted by Gasteiger charge is -2.09. The first-order chi connectivity index (χ1) is 11.4. The van der Waals surface area contributed by atoms with E-state index in [1.54, 1.807) is 24.3 Å². The Morgan fingerprint density at radius 1 is 0.833 bits per heavy atom. The maximum absolute atomic E-state index is 12.1. The molecule has 0 bridgehead atoms. The van der Waals surface area contributed by atoms with Crippen LogP contribution in [-0.2, 0) is 0 Å². The van der Waals surface area contributed by atoms with E-state index in [1.807, 2.05) is 13.8 Å². The fourth-order valence-electron chi connectivity index (χ4n) is 2.45. The second-order valence-electron chi connectivity index (χ2n) is 7.06. The lowest BCUT2D eigenvalue weighted by atomic mass is 10.0. The van der Waals surface area contributed by atoms with Gasteiger partial charge in [-0.3, -0.25) is 9.59 Å². The first-order valence-electron chi connectivity index (χ1n) is 9.09. The summed E-state index contributed by atoms with van der Waals surface area (Å²) >= 11 is 0. The van der Waals surface area contributed by atoms with E-state index in [1.165, 1.54) is 19.3 Å². The van der Waals surface area contributed by atoms with Crippen LogP contribution in [0, 0.1) is 5.92 Å². The first kappa shape index (κ1) is 20.2. The summed E-state index contributed by atoms with van der Waals surface area (Å²) in [6.07, 6.45) is 5.95. The van der Waals surface area contributed by atoms with Crippen molar-refractivity contribution in [2.75, 3.05) is 6.54 Å². The smallest absolute Gasteiger partial charge is 0.251 e. The Morgan fingerprint density at radius 3 is 1.92 bits per heavy atom. The van der Waals surface area contributed by atoms with Gasteiger partial charge in [0.1, 0.15) is 0 Å². The minimum Gasteiger partial charge on any atom is -0.352 e. The Morgan fingerprint density at radius 2 is 1.38 bits per heavy atom. The third kappa shape index (κ3) is 8.14. The number of hydrogen-bond acceptors (Lipinski definition) is 2. The average molecular weight is 332 g/mol. The molecular weight excluding hydrogens is 300 g/mol. The van der Waals surface area contributed by atoms with E-state index in [2.05, 4.69) is 24.5 Å². The van der Waals surface area contributed by atoms with Gasteiger partial charge in [0.15, 0.2) is 0 Å². The molecule has 0 saturated carbocycles. The van der Waals surface area contributed by atoms with Gasteiger partial charge in [-0.1, -0.05) is 39.5 Å². The van der Waals surface area contributed by atoms with E-state index in [0.717, 1.165) is 18.8 Å². The van der Waals surface area contributed by atoms with Gasteiger partial charge in [-0.05, 0) is 50.5 Å². The van der Waals surface area contributed by atoms with E-state index in [-0.39, 0.29) is 17.9 Å². The first-order valence-corrected chi connectivity index (χ1v) is 9.09. The van der Waals surface area contributed by atoms with E-state index in [9.17, 15) is 9.59 Å². The van der Waals surface area contributed by atoms with Gasteiger partial charge in [-0.25, -0.2) is 0 Å². The van der Waals surface area contributed by atoms with Gasteiger partial charge in [-0.2, -0.15) is 0 Å². The highest BCUT2D eigenvalue weighted by molar-refractivity contribution is 5.97. The molecule has 0 saturated heterocycles. The van der Waals surface area contributed by atoms with Crippen molar-refractivity contribution in [2.24, 2.45) is 5.92 Å². The highest BCUT2D eigenvalue weighted by Crippen LogP contribution is 2.09. The van der Waals surface area contributed by atoms with Gasteiger partial charge in [0, 0.05) is 23.7 Å². The monoisotopic (exact) mass is 332 g/mol. The standard InChI is InChI=1S/C20H32N2O2/c1-15(2)9-7-5-6-8-14-21-19(23)17-10-12-18(13-11-17)20(24)22-16(3)4/h10-13,15-16H,5-9,14H2,1-4H3,(H,21,23)(H,22,24). The van der Waals surface area contributed by atoms with Gasteiger partial charge in [0.05, 0.1) is 0 Å². The highest BCUT2D eigenvalue weighted by Gasteiger charge is 2.09. The summed E-state index contributed by atoms with van der Waals surface area (Å²) in [5.74, 6) is 0.585. The zero-order valence-corrected chi connectivity index (χ0v) is 15.5. The van der Waals surface area contributed by atoms with Crippen LogP contribution in [0.15, 0.2) is 24.3 Å². The van der Waals surface area contributed by atoms with Crippen LogP contribution in [0.1, 0.15) is 80.5 Å². The molecule has 0 radical (unpaired) electrons. The van der Waals surface area contributed by atoms with E-state index in [4.69, 9.17) is 0 Å². The molecule has 1 aromatic carbocycles. The Kier molecular flexibility index (Phi) is 9.13. The van der Waals surface area contributed by atoms with Crippen molar-refractivity contribution in [1.82, 2.24) is 10.6 Å². The van der Waals surface area contributed by atoms with Crippen molar-refractivity contribution in [2.45, 2.75) is 65.8 Å². The normalized spacial score (nSPS) is 10.9. The van der Waals surface area contributed by atoms with Gasteiger partial charge in [-0.15, -0.1) is 0 Å². The molecule has 0 aliphatic rings. The molecule has 4 heteroatoms. The fourth-order valence-corrected chi connectivity index (χ4v) is 2.45. The summed E-state index contributed by atoms with van der Waals surface area (Å²) in [5, 5.41) is 5.77. The zero-order valence-electron chi connectivity index (χ0n) is 15.5. The summed E-state index contributed by atoms with van der Waals surface area (Å²) in [6, 6.07) is 6.89. The predicted octanol–water partition coefficient (Wildman–Crippen LogP) is 4.16. The largest absolute Gasteiger partial charge is 0.352 e. The molecule has 0 aromatic heterocycles. The molecule has 2 amide bonds. The lowest BCUT2D eigenvalue weighted by molar-refractivity contribution is 0.0935. The van der Waals surface area contributed by atoms with Crippen LogP contribution in [-0.4, -0.2) is 24.4 Å². The number of unbranched alkanes of at least 4 members (excludes halogenated alkanes) is 3. The van der Waals surface area contributed by atoms with Crippen molar-refractivity contribution >= 4 is 11.8 Å². The van der Waals surface area contributed by atoms with Crippen LogP contribution >= 0.6 is 0 Å². The molecule has 0 spiro atoms. The Hall–Kier alpha value is -1.84. The molecule has 0 fully saturated rings. The molecule has 0 heterocycles. The number of nitrogens with one attached hydrogen (secondary N) is 2. The molecule has 0 atom stereocenters. The van der Waals surface area contributed by atoms with Crippen molar-refractivity contribution in [3.63, 3.8) is 0 Å². The van der Waals surface area contributed by atoms with Crippen LogP contribution in [0.25, 0.3) is 0 Å². The summed E-state index contributed by atoms with van der Waals surface area (Å²) in [4.78, 5) is 23.9. The van der Waals surface area contributed by atoms with Gasteiger partial charge >= 0.3 is 0 Å². The predicted molar refractivity (Wildman–Crippen MR) is 99.3 cm³/mol. The molecule has 0 unspecified atom stereocenters. The van der Waals surface area contributed by atoms with Crippen LogP contribution in [0.3, 0.4) is 0 Å². The summed E-state index contributed by atoms with van der Waals surface area (Å²) < 4.78 is 0. The third-order valence-corrected chi connectivity index (χ3v) is 3.82. The molecule has 2 N–H and O–H groups in total. The van der Waals surface area contributed by atoms with Gasteiger partial charge in [0.2, 0.25) is 0 Å². The maximum atomic E-state index is 12.1. The van der Waals surface area contributed by atoms with Crippen molar-refractivity contribution < 1.29 is 9.59 Å². The molecule has 0 aliphatic carbocycles. The quantitative estimate of drug-likeness (QED) is 0.632. The molecule has 134 valence electrons. The summed E-state index contributed by atoms with van der Waals surface area (Å²) in [5.41, 5.74) is 1.17. The van der Waals surface area contributed by atoms with Crippen LogP contribution in [0.5, 0.6) is 0 Å². The number of carbonyl (C=O) groups is 2. The van der Waals surface area contributed by atoms with E-state index >= 15 is 0 Å². The van der Waals surface area contributed by atoms with Crippen LogP contribution in [0.2, 0.25) is 0 Å². The third-order valence-electron chi connectivity index (χ3n) is 3.82. The number of carbonyl (C=O) groups excluding carboxylic acids is 2. The number of hydrogen-bond donors (Lipinski definition) is 2. The molecule has 24 heavy (non-hydrogen) atoms. The van der Waals surface area contributed by atoms with Gasteiger partial charge < -0.3 is 10.6 Å². The van der Waals surface area contributed by atoms with Crippen LogP contribution < -0.4 is 10.6 Å². The molecule has 1 aromatic rings. The highest BCUT2D eigenvalue weighted by atomic mass is 16.2. The Balaban J connectivity index is 2.29. The molecule has 1 rings (SSSR count). The van der Waals surface area contributed by atoms with E-state index < -0.39 is 0 Å². The van der Waals surface area contributed by atoms with Gasteiger partial charge in [0.25, 0.3) is 11.8 Å². The number of rotatable bonds is 10. The fraction of sp³-hybridized carbons (Fsp3) is 0.600. The number of benzene rings is 1. The van der Waals surface area contributed by atoms with Crippen molar-refractivity contribution in [3.8, 4) is 0 Å². The topological polar surface area (TPSA) is 58.2 Å². The van der Waals surface area contributed by atoms with Crippen molar-refractivity contribution in [3.05, 3.63) is 35.4 Å². The SMILES string of the molecule is CC(C)CCCCCCNC(=O)c1ccc(C(=O)NC(C)C)cc1. The summed E-state index contributed by atoms with van der Waals surface area (Å²) in [6.45, 7) is 9.04. The number of amides is 2. The second kappa shape index (κ2) is 10.8. The lowest BCUT2D eigenvalue weighted by Crippen LogP contribution is -2.30. The molecular formula is C20H32N2O2. The Labute approximate surface area is 146 Å². The zero-order chi connectivity index (χ0) is 17.9. The maximum Gasteiger partial charge on any atom is 0.251 e. The summed E-state index contributed by atoms with van der Waals surface area (Å²) in [7, 11) is 0. The molecule has 0 aliphatic heterocycles. The van der Waals surface area contributed by atoms with Crippen molar-refractivity contribution in [1.29, 1.82) is 0 Å².